The average molecular weight is 371 g/mol. The fourth-order valence-corrected chi connectivity index (χ4v) is 2.66. The van der Waals surface area contributed by atoms with Gasteiger partial charge < -0.3 is 11.1 Å². The van der Waals surface area contributed by atoms with Crippen LogP contribution in [0.5, 0.6) is 0 Å². The molecule has 0 aliphatic rings. The third-order valence-electron chi connectivity index (χ3n) is 3.77. The molecule has 5 nitrogen and oxygen atoms in total. The second-order valence-electron chi connectivity index (χ2n) is 5.82. The first-order valence-corrected chi connectivity index (χ1v) is 8.09. The molecule has 0 radical (unpaired) electrons. The number of nitrogens with one attached hydrogen (secondary N) is 1. The molecule has 2 aromatic rings. The Hall–Kier alpha value is -1.56. The maximum Gasteiger partial charge on any atom is 0.255 e. The van der Waals surface area contributed by atoms with Crippen molar-refractivity contribution in [3.63, 3.8) is 0 Å². The van der Waals surface area contributed by atoms with Gasteiger partial charge >= 0.3 is 0 Å². The molecule has 0 spiro atoms. The molecule has 0 fully saturated rings. The zero-order valence-corrected chi connectivity index (χ0v) is 15.7. The van der Waals surface area contributed by atoms with E-state index in [1.54, 1.807) is 0 Å². The summed E-state index contributed by atoms with van der Waals surface area (Å²) < 4.78 is 1.82. The smallest absolute Gasteiger partial charge is 0.255 e. The van der Waals surface area contributed by atoms with E-state index in [0.717, 1.165) is 17.7 Å². The van der Waals surface area contributed by atoms with E-state index < -0.39 is 0 Å². The number of aromatic nitrogens is 2. The maximum absolute atomic E-state index is 12.4. The second kappa shape index (κ2) is 9.06. The molecule has 0 saturated carbocycles. The fourth-order valence-electron chi connectivity index (χ4n) is 2.47. The van der Waals surface area contributed by atoms with E-state index in [2.05, 4.69) is 10.4 Å². The number of hydrogen-bond donors (Lipinski definition) is 2. The van der Waals surface area contributed by atoms with Gasteiger partial charge in [0.2, 0.25) is 0 Å². The van der Waals surface area contributed by atoms with Crippen LogP contribution in [0.3, 0.4) is 0 Å². The summed E-state index contributed by atoms with van der Waals surface area (Å²) in [5.41, 5.74) is 8.85. The lowest BCUT2D eigenvalue weighted by Gasteiger charge is -2.09. The van der Waals surface area contributed by atoms with E-state index in [0.29, 0.717) is 29.4 Å². The molecule has 1 unspecified atom stereocenters. The summed E-state index contributed by atoms with van der Waals surface area (Å²) in [5, 5.41) is 8.08. The summed E-state index contributed by atoms with van der Waals surface area (Å²) >= 11 is 6.20. The van der Waals surface area contributed by atoms with E-state index in [-0.39, 0.29) is 24.4 Å². The number of nitrogens with two attached hydrogens (primary N) is 1. The first-order chi connectivity index (χ1) is 10.9. The van der Waals surface area contributed by atoms with Crippen LogP contribution < -0.4 is 11.1 Å². The SMILES string of the molecule is Cc1nn(Cc2ccccc2Cl)c(C)c1C(=O)NCCC(C)N.Cl. The van der Waals surface area contributed by atoms with E-state index >= 15 is 0 Å². The molecule has 1 aromatic heterocycles. The molecule has 0 bridgehead atoms. The van der Waals surface area contributed by atoms with Crippen molar-refractivity contribution in [2.75, 3.05) is 6.54 Å². The van der Waals surface area contributed by atoms with Crippen LogP contribution in [0.2, 0.25) is 5.02 Å². The predicted octanol–water partition coefficient (Wildman–Crippen LogP) is 3.09. The van der Waals surface area contributed by atoms with E-state index in [9.17, 15) is 4.79 Å². The van der Waals surface area contributed by atoms with Gasteiger partial charge in [-0.1, -0.05) is 29.8 Å². The van der Waals surface area contributed by atoms with Gasteiger partial charge in [0.15, 0.2) is 0 Å². The van der Waals surface area contributed by atoms with Gasteiger partial charge in [0, 0.05) is 23.3 Å². The standard InChI is InChI=1S/C17H23ClN4O.ClH/c1-11(19)8-9-20-17(23)16-12(2)21-22(13(16)3)10-14-6-4-5-7-15(14)18;/h4-7,11H,8-10,19H2,1-3H3,(H,20,23);1H. The van der Waals surface area contributed by atoms with Gasteiger partial charge in [-0.2, -0.15) is 5.10 Å². The molecule has 132 valence electrons. The third-order valence-corrected chi connectivity index (χ3v) is 4.14. The van der Waals surface area contributed by atoms with Crippen LogP contribution in [-0.2, 0) is 6.54 Å². The molecule has 1 amide bonds. The number of aryl methyl sites for hydroxylation is 1. The van der Waals surface area contributed by atoms with Crippen LogP contribution in [0.4, 0.5) is 0 Å². The van der Waals surface area contributed by atoms with Gasteiger partial charge in [-0.25, -0.2) is 0 Å². The molecule has 1 atom stereocenters. The maximum atomic E-state index is 12.4. The number of benzene rings is 1. The van der Waals surface area contributed by atoms with Crippen molar-refractivity contribution in [1.82, 2.24) is 15.1 Å². The van der Waals surface area contributed by atoms with Crippen LogP contribution in [0.25, 0.3) is 0 Å². The molecule has 1 heterocycles. The molecular formula is C17H24Cl2N4O. The number of carbonyl (C=O) groups is 1. The quantitative estimate of drug-likeness (QED) is 0.820. The van der Waals surface area contributed by atoms with Crippen molar-refractivity contribution in [3.8, 4) is 0 Å². The normalized spacial score (nSPS) is 11.7. The van der Waals surface area contributed by atoms with Crippen molar-refractivity contribution in [2.24, 2.45) is 5.73 Å². The molecule has 0 aliphatic heterocycles. The highest BCUT2D eigenvalue weighted by Gasteiger charge is 2.18. The lowest BCUT2D eigenvalue weighted by atomic mass is 10.1. The Morgan fingerprint density at radius 2 is 2.04 bits per heavy atom. The van der Waals surface area contributed by atoms with Gasteiger partial charge in [-0.15, -0.1) is 12.4 Å². The van der Waals surface area contributed by atoms with E-state index in [4.69, 9.17) is 17.3 Å². The van der Waals surface area contributed by atoms with Crippen LogP contribution in [0.1, 0.15) is 40.7 Å². The Morgan fingerprint density at radius 3 is 2.67 bits per heavy atom. The lowest BCUT2D eigenvalue weighted by Crippen LogP contribution is -2.29. The molecule has 0 aliphatic carbocycles. The van der Waals surface area contributed by atoms with Gasteiger partial charge in [0.1, 0.15) is 0 Å². The second-order valence-corrected chi connectivity index (χ2v) is 6.22. The predicted molar refractivity (Wildman–Crippen MR) is 100 cm³/mol. The number of nitrogens with zero attached hydrogens (tertiary/aromatic N) is 2. The zero-order chi connectivity index (χ0) is 17.0. The zero-order valence-electron chi connectivity index (χ0n) is 14.2. The Morgan fingerprint density at radius 1 is 1.38 bits per heavy atom. The Balaban J connectivity index is 0.00000288. The molecule has 0 saturated heterocycles. The van der Waals surface area contributed by atoms with E-state index in [1.165, 1.54) is 0 Å². The first kappa shape index (κ1) is 20.5. The van der Waals surface area contributed by atoms with Gasteiger partial charge in [0.05, 0.1) is 17.8 Å². The Bertz CT molecular complexity index is 698. The summed E-state index contributed by atoms with van der Waals surface area (Å²) in [4.78, 5) is 12.4. The highest BCUT2D eigenvalue weighted by Crippen LogP contribution is 2.19. The number of amides is 1. The summed E-state index contributed by atoms with van der Waals surface area (Å²) in [6, 6.07) is 7.71. The van der Waals surface area contributed by atoms with Crippen LogP contribution in [-0.4, -0.2) is 28.3 Å². The van der Waals surface area contributed by atoms with Crippen molar-refractivity contribution in [3.05, 3.63) is 51.8 Å². The Labute approximate surface area is 154 Å². The monoisotopic (exact) mass is 370 g/mol. The summed E-state index contributed by atoms with van der Waals surface area (Å²) in [7, 11) is 0. The number of carbonyl (C=O) groups excluding carboxylic acids is 1. The molecule has 7 heteroatoms. The minimum Gasteiger partial charge on any atom is -0.352 e. The highest BCUT2D eigenvalue weighted by molar-refractivity contribution is 6.31. The molecule has 2 rings (SSSR count). The fraction of sp³-hybridized carbons (Fsp3) is 0.412. The van der Waals surface area contributed by atoms with Crippen LogP contribution in [0, 0.1) is 13.8 Å². The number of halogens is 2. The first-order valence-electron chi connectivity index (χ1n) is 7.71. The molecule has 3 N–H and O–H groups in total. The number of rotatable bonds is 6. The summed E-state index contributed by atoms with van der Waals surface area (Å²) in [6.07, 6.45) is 0.748. The van der Waals surface area contributed by atoms with E-state index in [1.807, 2.05) is 49.7 Å². The van der Waals surface area contributed by atoms with Gasteiger partial charge in [-0.05, 0) is 38.8 Å². The van der Waals surface area contributed by atoms with Crippen molar-refractivity contribution >= 4 is 29.9 Å². The molecule has 24 heavy (non-hydrogen) atoms. The molecule has 1 aromatic carbocycles. The molecular weight excluding hydrogens is 347 g/mol. The largest absolute Gasteiger partial charge is 0.352 e. The average Bonchev–Trinajstić information content (AvgIpc) is 2.75. The minimum absolute atomic E-state index is 0. The van der Waals surface area contributed by atoms with Crippen molar-refractivity contribution < 1.29 is 4.79 Å². The highest BCUT2D eigenvalue weighted by atomic mass is 35.5. The minimum atomic E-state index is -0.106. The van der Waals surface area contributed by atoms with Crippen molar-refractivity contribution in [2.45, 2.75) is 39.8 Å². The lowest BCUT2D eigenvalue weighted by molar-refractivity contribution is 0.0951. The van der Waals surface area contributed by atoms with Crippen LogP contribution in [0.15, 0.2) is 24.3 Å². The topological polar surface area (TPSA) is 72.9 Å². The summed E-state index contributed by atoms with van der Waals surface area (Å²) in [5.74, 6) is -0.106. The van der Waals surface area contributed by atoms with Gasteiger partial charge in [0.25, 0.3) is 5.91 Å². The number of hydrogen-bond acceptors (Lipinski definition) is 3. The third kappa shape index (κ3) is 4.97. The Kier molecular flexibility index (Phi) is 7.73. The van der Waals surface area contributed by atoms with Gasteiger partial charge in [-0.3, -0.25) is 9.48 Å². The summed E-state index contributed by atoms with van der Waals surface area (Å²) in [6.45, 7) is 6.77. The van der Waals surface area contributed by atoms with Crippen molar-refractivity contribution in [1.29, 1.82) is 0 Å². The van der Waals surface area contributed by atoms with Crippen LogP contribution >= 0.6 is 24.0 Å².